The van der Waals surface area contributed by atoms with E-state index in [1.54, 1.807) is 18.3 Å². The quantitative estimate of drug-likeness (QED) is 0.522. The van der Waals surface area contributed by atoms with Gasteiger partial charge < -0.3 is 10.8 Å². The van der Waals surface area contributed by atoms with Gasteiger partial charge in [0.2, 0.25) is 0 Å². The number of fused-ring (bicyclic) bond motifs is 1. The highest BCUT2D eigenvalue weighted by atomic mass is 16.3. The first-order valence-corrected chi connectivity index (χ1v) is 9.88. The predicted molar refractivity (Wildman–Crippen MR) is 119 cm³/mol. The number of aromatic hydroxyl groups is 1. The van der Waals surface area contributed by atoms with Crippen molar-refractivity contribution < 1.29 is 5.11 Å². The van der Waals surface area contributed by atoms with E-state index in [4.69, 9.17) is 15.7 Å². The molecule has 6 nitrogen and oxygen atoms in total. The van der Waals surface area contributed by atoms with Crippen molar-refractivity contribution >= 4 is 22.6 Å². The highest BCUT2D eigenvalue weighted by molar-refractivity contribution is 5.85. The van der Waals surface area contributed by atoms with Crippen LogP contribution >= 0.6 is 0 Å². The van der Waals surface area contributed by atoms with Gasteiger partial charge in [-0.3, -0.25) is 4.57 Å². The molecule has 3 aromatic heterocycles. The van der Waals surface area contributed by atoms with Crippen molar-refractivity contribution in [2.75, 3.05) is 5.73 Å². The molecule has 1 unspecified atom stereocenters. The zero-order valence-corrected chi connectivity index (χ0v) is 16.5. The lowest BCUT2D eigenvalue weighted by molar-refractivity contribution is 0.475. The van der Waals surface area contributed by atoms with Crippen LogP contribution in [0.4, 0.5) is 5.82 Å². The first kappa shape index (κ1) is 18.1. The highest BCUT2D eigenvalue weighted by Crippen LogP contribution is 2.32. The van der Waals surface area contributed by atoms with E-state index in [1.807, 2.05) is 41.0 Å². The number of aromatic nitrogens is 4. The third-order valence-corrected chi connectivity index (χ3v) is 5.30. The summed E-state index contributed by atoms with van der Waals surface area (Å²) in [5.41, 5.74) is 11.2. The first-order valence-electron chi connectivity index (χ1n) is 9.88. The molecule has 1 aliphatic rings. The van der Waals surface area contributed by atoms with Crippen molar-refractivity contribution in [2.24, 2.45) is 5.92 Å². The Morgan fingerprint density at radius 2 is 1.90 bits per heavy atom. The fourth-order valence-corrected chi connectivity index (χ4v) is 3.67. The Bertz CT molecular complexity index is 1300. The lowest BCUT2D eigenvalue weighted by Gasteiger charge is -2.13. The predicted octanol–water partition coefficient (Wildman–Crippen LogP) is 4.75. The standard InChI is InChI=1S/C24H21N5O/c1-15-4-6-16(7-5-15)20-12-13-21-24(27-20)29(17-8-10-18(30)11-9-17)23(28-21)19-3-2-14-26-22(19)25/h2-4,6-15,30H,5H2,1H3,(H2,25,26). The molecule has 0 spiro atoms. The Morgan fingerprint density at radius 1 is 1.07 bits per heavy atom. The summed E-state index contributed by atoms with van der Waals surface area (Å²) in [4.78, 5) is 14.0. The lowest BCUT2D eigenvalue weighted by Crippen LogP contribution is -2.02. The zero-order valence-electron chi connectivity index (χ0n) is 16.5. The largest absolute Gasteiger partial charge is 0.508 e. The second-order valence-corrected chi connectivity index (χ2v) is 7.49. The number of nitrogen functional groups attached to an aromatic ring is 1. The summed E-state index contributed by atoms with van der Waals surface area (Å²) in [6.45, 7) is 2.20. The van der Waals surface area contributed by atoms with Gasteiger partial charge in [-0.15, -0.1) is 0 Å². The Morgan fingerprint density at radius 3 is 2.63 bits per heavy atom. The van der Waals surface area contributed by atoms with E-state index < -0.39 is 0 Å². The number of phenols is 1. The topological polar surface area (TPSA) is 89.8 Å². The molecule has 6 heteroatoms. The van der Waals surface area contributed by atoms with Crippen LogP contribution in [0.25, 0.3) is 33.8 Å². The molecule has 3 heterocycles. The molecule has 5 rings (SSSR count). The van der Waals surface area contributed by atoms with Gasteiger partial charge in [0.1, 0.15) is 17.1 Å². The molecule has 4 aromatic rings. The number of pyridine rings is 2. The van der Waals surface area contributed by atoms with Crippen LogP contribution in [-0.4, -0.2) is 24.6 Å². The van der Waals surface area contributed by atoms with Crippen molar-refractivity contribution in [3.8, 4) is 22.8 Å². The van der Waals surface area contributed by atoms with Gasteiger partial charge in [-0.05, 0) is 66.4 Å². The second-order valence-electron chi connectivity index (χ2n) is 7.49. The van der Waals surface area contributed by atoms with Crippen LogP contribution in [-0.2, 0) is 0 Å². The van der Waals surface area contributed by atoms with Gasteiger partial charge in [0.05, 0.1) is 11.3 Å². The molecule has 0 amide bonds. The molecular formula is C24H21N5O. The minimum Gasteiger partial charge on any atom is -0.508 e. The van der Waals surface area contributed by atoms with Crippen LogP contribution in [0.5, 0.6) is 5.75 Å². The van der Waals surface area contributed by atoms with E-state index in [1.165, 1.54) is 0 Å². The molecule has 3 N–H and O–H groups in total. The maximum absolute atomic E-state index is 9.75. The number of rotatable bonds is 3. The van der Waals surface area contributed by atoms with Crippen LogP contribution in [0.1, 0.15) is 19.0 Å². The van der Waals surface area contributed by atoms with Crippen molar-refractivity contribution in [1.82, 2.24) is 19.5 Å². The molecule has 0 radical (unpaired) electrons. The SMILES string of the molecule is CC1C=CC(c2ccc3nc(-c4cccnc4N)n(-c4ccc(O)cc4)c3n2)=CC1. The van der Waals surface area contributed by atoms with Crippen molar-refractivity contribution in [3.05, 3.63) is 78.6 Å². The first-order chi connectivity index (χ1) is 14.6. The molecule has 0 aliphatic heterocycles. The summed E-state index contributed by atoms with van der Waals surface area (Å²) < 4.78 is 1.96. The molecular weight excluding hydrogens is 374 g/mol. The van der Waals surface area contributed by atoms with E-state index in [9.17, 15) is 5.11 Å². The summed E-state index contributed by atoms with van der Waals surface area (Å²) in [6.07, 6.45) is 9.22. The lowest BCUT2D eigenvalue weighted by atomic mass is 9.97. The molecule has 30 heavy (non-hydrogen) atoms. The molecule has 148 valence electrons. The number of nitrogens with two attached hydrogens (primary N) is 1. The summed E-state index contributed by atoms with van der Waals surface area (Å²) in [7, 11) is 0. The molecule has 0 fully saturated rings. The van der Waals surface area contributed by atoms with Crippen molar-refractivity contribution in [1.29, 1.82) is 0 Å². The third kappa shape index (κ3) is 3.12. The van der Waals surface area contributed by atoms with E-state index in [-0.39, 0.29) is 5.75 Å². The molecule has 1 aliphatic carbocycles. The summed E-state index contributed by atoms with van der Waals surface area (Å²) in [5, 5.41) is 9.75. The van der Waals surface area contributed by atoms with Crippen LogP contribution in [0.3, 0.4) is 0 Å². The van der Waals surface area contributed by atoms with Crippen molar-refractivity contribution in [2.45, 2.75) is 13.3 Å². The van der Waals surface area contributed by atoms with Crippen molar-refractivity contribution in [3.63, 3.8) is 0 Å². The molecule has 1 aromatic carbocycles. The van der Waals surface area contributed by atoms with Gasteiger partial charge in [-0.25, -0.2) is 15.0 Å². The fourth-order valence-electron chi connectivity index (χ4n) is 3.67. The van der Waals surface area contributed by atoms with Gasteiger partial charge in [0.15, 0.2) is 11.5 Å². The fraction of sp³-hybridized carbons (Fsp3) is 0.125. The zero-order chi connectivity index (χ0) is 20.7. The molecule has 0 bridgehead atoms. The maximum atomic E-state index is 9.75. The Balaban J connectivity index is 1.76. The Kier molecular flexibility index (Phi) is 4.32. The number of imidazole rings is 1. The van der Waals surface area contributed by atoms with Gasteiger partial charge in [-0.1, -0.05) is 25.2 Å². The Hall–Kier alpha value is -3.93. The number of nitrogens with zero attached hydrogens (tertiary/aromatic N) is 4. The third-order valence-electron chi connectivity index (χ3n) is 5.30. The minimum absolute atomic E-state index is 0.200. The number of hydrogen-bond donors (Lipinski definition) is 2. The van der Waals surface area contributed by atoms with Gasteiger partial charge >= 0.3 is 0 Å². The number of anilines is 1. The van der Waals surface area contributed by atoms with Gasteiger partial charge in [0, 0.05) is 11.9 Å². The average Bonchev–Trinajstić information content (AvgIpc) is 3.13. The van der Waals surface area contributed by atoms with E-state index in [0.29, 0.717) is 17.6 Å². The second kappa shape index (κ2) is 7.15. The normalized spacial score (nSPS) is 16.0. The van der Waals surface area contributed by atoms with Crippen LogP contribution < -0.4 is 5.73 Å². The maximum Gasteiger partial charge on any atom is 0.165 e. The minimum atomic E-state index is 0.200. The Labute approximate surface area is 174 Å². The van der Waals surface area contributed by atoms with Crippen LogP contribution in [0.2, 0.25) is 0 Å². The number of hydrogen-bond acceptors (Lipinski definition) is 5. The van der Waals surface area contributed by atoms with E-state index in [2.05, 4.69) is 30.1 Å². The van der Waals surface area contributed by atoms with Gasteiger partial charge in [-0.2, -0.15) is 0 Å². The summed E-state index contributed by atoms with van der Waals surface area (Å²) in [5.74, 6) is 1.80. The molecule has 0 saturated carbocycles. The number of allylic oxidation sites excluding steroid dienone is 4. The van der Waals surface area contributed by atoms with E-state index >= 15 is 0 Å². The average molecular weight is 395 g/mol. The van der Waals surface area contributed by atoms with Crippen LogP contribution in [0.15, 0.2) is 73.0 Å². The monoisotopic (exact) mass is 395 g/mol. The highest BCUT2D eigenvalue weighted by Gasteiger charge is 2.19. The number of benzene rings is 1. The van der Waals surface area contributed by atoms with Gasteiger partial charge in [0.25, 0.3) is 0 Å². The number of phenolic OH excluding ortho intramolecular Hbond substituents is 1. The van der Waals surface area contributed by atoms with Crippen LogP contribution in [0, 0.1) is 5.92 Å². The summed E-state index contributed by atoms with van der Waals surface area (Å²) in [6, 6.07) is 14.7. The summed E-state index contributed by atoms with van der Waals surface area (Å²) >= 11 is 0. The molecule has 0 saturated heterocycles. The van der Waals surface area contributed by atoms with E-state index in [0.717, 1.165) is 40.1 Å². The smallest absolute Gasteiger partial charge is 0.165 e. The molecule has 1 atom stereocenters.